The van der Waals surface area contributed by atoms with E-state index in [0.29, 0.717) is 6.04 Å². The molecule has 0 saturated carbocycles. The molecule has 2 heterocycles. The van der Waals surface area contributed by atoms with Crippen LogP contribution in [0, 0.1) is 13.8 Å². The molecule has 2 atom stereocenters. The monoisotopic (exact) mass is 224 g/mol. The fraction of sp³-hybridized carbons (Fsp3) is 0.750. The van der Waals surface area contributed by atoms with Crippen LogP contribution in [0.5, 0.6) is 0 Å². The highest BCUT2D eigenvalue weighted by molar-refractivity contribution is 5.27. The quantitative estimate of drug-likeness (QED) is 0.853. The lowest BCUT2D eigenvalue weighted by Crippen LogP contribution is -2.12. The number of nitrogens with zero attached hydrogens (tertiary/aromatic N) is 2. The second-order valence-corrected chi connectivity index (χ2v) is 4.47. The number of aliphatic hydroxyl groups excluding tert-OH is 1. The van der Waals surface area contributed by atoms with Crippen LogP contribution < -0.4 is 0 Å². The van der Waals surface area contributed by atoms with Gasteiger partial charge in [-0.1, -0.05) is 6.92 Å². The Bertz CT molecular complexity index is 367. The summed E-state index contributed by atoms with van der Waals surface area (Å²) in [5.41, 5.74) is 3.02. The van der Waals surface area contributed by atoms with Crippen molar-refractivity contribution in [1.29, 1.82) is 0 Å². The molecule has 1 aliphatic heterocycles. The first-order valence-corrected chi connectivity index (χ1v) is 5.96. The van der Waals surface area contributed by atoms with Crippen LogP contribution in [-0.2, 0) is 4.74 Å². The average Bonchev–Trinajstić information content (AvgIpc) is 2.86. The first-order chi connectivity index (χ1) is 7.65. The zero-order chi connectivity index (χ0) is 11.7. The summed E-state index contributed by atoms with van der Waals surface area (Å²) in [4.78, 5) is 0. The van der Waals surface area contributed by atoms with E-state index in [1.54, 1.807) is 0 Å². The number of ether oxygens (including phenoxy) is 1. The minimum atomic E-state index is -0.393. The maximum Gasteiger partial charge on any atom is 0.0823 e. The molecule has 1 saturated heterocycles. The lowest BCUT2D eigenvalue weighted by atomic mass is 10.1. The highest BCUT2D eigenvalue weighted by Gasteiger charge is 2.24. The van der Waals surface area contributed by atoms with Gasteiger partial charge in [0, 0.05) is 17.9 Å². The van der Waals surface area contributed by atoms with Gasteiger partial charge in [0.2, 0.25) is 0 Å². The van der Waals surface area contributed by atoms with E-state index in [1.165, 1.54) is 0 Å². The summed E-state index contributed by atoms with van der Waals surface area (Å²) in [6, 6.07) is 0.344. The third-order valence-corrected chi connectivity index (χ3v) is 3.35. The molecule has 2 unspecified atom stereocenters. The van der Waals surface area contributed by atoms with Crippen molar-refractivity contribution < 1.29 is 9.84 Å². The maximum atomic E-state index is 9.96. The number of aromatic nitrogens is 2. The summed E-state index contributed by atoms with van der Waals surface area (Å²) in [6.07, 6.45) is 1.36. The van der Waals surface area contributed by atoms with Gasteiger partial charge in [-0.15, -0.1) is 0 Å². The lowest BCUT2D eigenvalue weighted by Gasteiger charge is -2.12. The number of rotatable bonds is 3. The largest absolute Gasteiger partial charge is 0.388 e. The number of aryl methyl sites for hydroxylation is 1. The molecule has 4 heteroatoms. The molecule has 4 nitrogen and oxygen atoms in total. The Balaban J connectivity index is 2.33. The second-order valence-electron chi connectivity index (χ2n) is 4.47. The molecule has 0 amide bonds. The molecule has 16 heavy (non-hydrogen) atoms. The van der Waals surface area contributed by atoms with Gasteiger partial charge in [0.25, 0.3) is 0 Å². The van der Waals surface area contributed by atoms with Crippen LogP contribution in [-0.4, -0.2) is 28.1 Å². The van der Waals surface area contributed by atoms with Gasteiger partial charge in [0.05, 0.1) is 24.4 Å². The topological polar surface area (TPSA) is 47.3 Å². The van der Waals surface area contributed by atoms with Crippen LogP contribution in [0.3, 0.4) is 0 Å². The van der Waals surface area contributed by atoms with E-state index < -0.39 is 6.10 Å². The van der Waals surface area contributed by atoms with E-state index >= 15 is 0 Å². The number of aliphatic hydroxyl groups is 1. The Morgan fingerprint density at radius 1 is 1.56 bits per heavy atom. The van der Waals surface area contributed by atoms with Crippen LogP contribution >= 0.6 is 0 Å². The summed E-state index contributed by atoms with van der Waals surface area (Å²) in [5, 5.41) is 14.5. The summed E-state index contributed by atoms with van der Waals surface area (Å²) in [6.45, 7) is 7.54. The number of hydrogen-bond acceptors (Lipinski definition) is 3. The summed E-state index contributed by atoms with van der Waals surface area (Å²) in [7, 11) is 0. The van der Waals surface area contributed by atoms with Crippen molar-refractivity contribution in [1.82, 2.24) is 9.78 Å². The van der Waals surface area contributed by atoms with E-state index in [9.17, 15) is 5.11 Å². The van der Waals surface area contributed by atoms with Crippen molar-refractivity contribution in [2.45, 2.75) is 45.8 Å². The van der Waals surface area contributed by atoms with Gasteiger partial charge in [-0.3, -0.25) is 4.68 Å². The van der Waals surface area contributed by atoms with Crippen LogP contribution in [0.15, 0.2) is 0 Å². The third-order valence-electron chi connectivity index (χ3n) is 3.35. The molecule has 1 fully saturated rings. The van der Waals surface area contributed by atoms with E-state index in [0.717, 1.165) is 43.0 Å². The van der Waals surface area contributed by atoms with Crippen molar-refractivity contribution in [3.8, 4) is 0 Å². The minimum Gasteiger partial charge on any atom is -0.388 e. The van der Waals surface area contributed by atoms with Crippen LogP contribution in [0.4, 0.5) is 0 Å². The standard InChI is InChI=1S/C12H20N2O2/c1-4-11(15)12-8(2)13-14(9(12)3)10-5-6-16-7-10/h10-11,15H,4-7H2,1-3H3. The summed E-state index contributed by atoms with van der Waals surface area (Å²) < 4.78 is 7.40. The molecule has 0 aliphatic carbocycles. The summed E-state index contributed by atoms with van der Waals surface area (Å²) >= 11 is 0. The normalized spacial score (nSPS) is 22.6. The summed E-state index contributed by atoms with van der Waals surface area (Å²) in [5.74, 6) is 0. The van der Waals surface area contributed by atoms with Crippen LogP contribution in [0.1, 0.15) is 48.9 Å². The first kappa shape index (κ1) is 11.6. The first-order valence-electron chi connectivity index (χ1n) is 5.96. The molecule has 0 spiro atoms. The molecule has 90 valence electrons. The van der Waals surface area contributed by atoms with E-state index in [2.05, 4.69) is 5.10 Å². The molecular weight excluding hydrogens is 204 g/mol. The van der Waals surface area contributed by atoms with Crippen LogP contribution in [0.2, 0.25) is 0 Å². The van der Waals surface area contributed by atoms with Crippen molar-refractivity contribution in [3.63, 3.8) is 0 Å². The second kappa shape index (κ2) is 4.55. The van der Waals surface area contributed by atoms with Gasteiger partial charge >= 0.3 is 0 Å². The molecule has 1 aromatic rings. The van der Waals surface area contributed by atoms with Crippen molar-refractivity contribution in [2.24, 2.45) is 0 Å². The fourth-order valence-electron chi connectivity index (χ4n) is 2.43. The Hall–Kier alpha value is -0.870. The average molecular weight is 224 g/mol. The predicted octanol–water partition coefficient (Wildman–Crippen LogP) is 1.90. The van der Waals surface area contributed by atoms with Gasteiger partial charge in [0.15, 0.2) is 0 Å². The van der Waals surface area contributed by atoms with Gasteiger partial charge < -0.3 is 9.84 Å². The number of hydrogen-bond donors (Lipinski definition) is 1. The Morgan fingerprint density at radius 3 is 2.88 bits per heavy atom. The molecule has 1 N–H and O–H groups in total. The highest BCUT2D eigenvalue weighted by atomic mass is 16.5. The van der Waals surface area contributed by atoms with Gasteiger partial charge in [-0.05, 0) is 26.7 Å². The highest BCUT2D eigenvalue weighted by Crippen LogP contribution is 2.28. The van der Waals surface area contributed by atoms with E-state index in [-0.39, 0.29) is 0 Å². The predicted molar refractivity (Wildman–Crippen MR) is 61.4 cm³/mol. The minimum absolute atomic E-state index is 0.344. The van der Waals surface area contributed by atoms with Gasteiger partial charge in [-0.2, -0.15) is 5.10 Å². The Morgan fingerprint density at radius 2 is 2.31 bits per heavy atom. The van der Waals surface area contributed by atoms with Crippen molar-refractivity contribution in [3.05, 3.63) is 17.0 Å². The van der Waals surface area contributed by atoms with Crippen molar-refractivity contribution in [2.75, 3.05) is 13.2 Å². The van der Waals surface area contributed by atoms with E-state index in [4.69, 9.17) is 4.74 Å². The van der Waals surface area contributed by atoms with Gasteiger partial charge in [0.1, 0.15) is 0 Å². The lowest BCUT2D eigenvalue weighted by molar-refractivity contribution is 0.171. The molecule has 0 radical (unpaired) electrons. The van der Waals surface area contributed by atoms with Gasteiger partial charge in [-0.25, -0.2) is 0 Å². The molecule has 1 aliphatic rings. The molecule has 1 aromatic heterocycles. The third kappa shape index (κ3) is 1.87. The smallest absolute Gasteiger partial charge is 0.0823 e. The zero-order valence-corrected chi connectivity index (χ0v) is 10.2. The zero-order valence-electron chi connectivity index (χ0n) is 10.2. The molecule has 0 bridgehead atoms. The Labute approximate surface area is 96.2 Å². The molecular formula is C12H20N2O2. The fourth-order valence-corrected chi connectivity index (χ4v) is 2.43. The van der Waals surface area contributed by atoms with E-state index in [1.807, 2.05) is 25.5 Å². The van der Waals surface area contributed by atoms with Crippen LogP contribution in [0.25, 0.3) is 0 Å². The molecule has 0 aromatic carbocycles. The van der Waals surface area contributed by atoms with Crippen molar-refractivity contribution >= 4 is 0 Å². The Kier molecular flexibility index (Phi) is 3.30. The maximum absolute atomic E-state index is 9.96. The molecule has 2 rings (SSSR count). The SMILES string of the molecule is CCC(O)c1c(C)nn(C2CCOC2)c1C.